The van der Waals surface area contributed by atoms with E-state index in [4.69, 9.17) is 5.73 Å². The lowest BCUT2D eigenvalue weighted by atomic mass is 9.77. The zero-order chi connectivity index (χ0) is 13.3. The SMILES string of the molecule is CC1CCC2(CC1)NC(=O)N(CC(C)CN)C2=O. The number of amides is 3. The second kappa shape index (κ2) is 4.88. The quantitative estimate of drug-likeness (QED) is 0.739. The van der Waals surface area contributed by atoms with E-state index in [0.29, 0.717) is 19.0 Å². The lowest BCUT2D eigenvalue weighted by Crippen LogP contribution is -2.49. The molecule has 3 N–H and O–H groups in total. The van der Waals surface area contributed by atoms with Gasteiger partial charge in [0, 0.05) is 6.54 Å². The molecule has 1 heterocycles. The van der Waals surface area contributed by atoms with Gasteiger partial charge in [0.15, 0.2) is 0 Å². The van der Waals surface area contributed by atoms with Gasteiger partial charge in [-0.05, 0) is 44.1 Å². The van der Waals surface area contributed by atoms with Crippen molar-refractivity contribution in [3.8, 4) is 0 Å². The van der Waals surface area contributed by atoms with Gasteiger partial charge in [0.05, 0.1) is 0 Å². The van der Waals surface area contributed by atoms with Gasteiger partial charge in [0.25, 0.3) is 5.91 Å². The molecule has 1 aliphatic heterocycles. The molecule has 3 amide bonds. The Labute approximate surface area is 108 Å². The average Bonchev–Trinajstić information content (AvgIpc) is 2.58. The van der Waals surface area contributed by atoms with Gasteiger partial charge in [-0.3, -0.25) is 9.69 Å². The summed E-state index contributed by atoms with van der Waals surface area (Å²) in [6, 6.07) is -0.241. The molecule has 102 valence electrons. The van der Waals surface area contributed by atoms with Crippen molar-refractivity contribution >= 4 is 11.9 Å². The highest BCUT2D eigenvalue weighted by atomic mass is 16.2. The Hall–Kier alpha value is -1.10. The molecule has 0 aromatic heterocycles. The smallest absolute Gasteiger partial charge is 0.325 e. The molecule has 1 aliphatic carbocycles. The van der Waals surface area contributed by atoms with Crippen molar-refractivity contribution in [3.63, 3.8) is 0 Å². The molecule has 1 atom stereocenters. The third-order valence-corrected chi connectivity index (χ3v) is 4.27. The number of nitrogens with zero attached hydrogens (tertiary/aromatic N) is 1. The number of nitrogens with two attached hydrogens (primary N) is 1. The monoisotopic (exact) mass is 253 g/mol. The Bertz CT molecular complexity index is 348. The number of hydrogen-bond acceptors (Lipinski definition) is 3. The minimum absolute atomic E-state index is 0.0419. The zero-order valence-electron chi connectivity index (χ0n) is 11.2. The minimum Gasteiger partial charge on any atom is -0.330 e. The van der Waals surface area contributed by atoms with Crippen molar-refractivity contribution in [3.05, 3.63) is 0 Å². The van der Waals surface area contributed by atoms with Gasteiger partial charge in [0.2, 0.25) is 0 Å². The first-order chi connectivity index (χ1) is 8.48. The Morgan fingerprint density at radius 1 is 1.44 bits per heavy atom. The predicted octanol–water partition coefficient (Wildman–Crippen LogP) is 1.08. The summed E-state index contributed by atoms with van der Waals surface area (Å²) < 4.78 is 0. The number of imide groups is 1. The molecular weight excluding hydrogens is 230 g/mol. The fourth-order valence-corrected chi connectivity index (χ4v) is 2.82. The van der Waals surface area contributed by atoms with E-state index < -0.39 is 5.54 Å². The Balaban J connectivity index is 2.09. The van der Waals surface area contributed by atoms with Crippen LogP contribution in [0.2, 0.25) is 0 Å². The normalized spacial score (nSPS) is 33.9. The summed E-state index contributed by atoms with van der Waals surface area (Å²) in [5.74, 6) is 0.759. The summed E-state index contributed by atoms with van der Waals surface area (Å²) in [6.45, 7) is 5.07. The largest absolute Gasteiger partial charge is 0.330 e. The van der Waals surface area contributed by atoms with E-state index in [1.54, 1.807) is 0 Å². The van der Waals surface area contributed by atoms with E-state index >= 15 is 0 Å². The molecule has 2 aliphatic rings. The standard InChI is InChI=1S/C13H23N3O2/c1-9-3-5-13(6-4-9)11(17)16(12(18)15-13)8-10(2)7-14/h9-10H,3-8,14H2,1-2H3,(H,15,18). The van der Waals surface area contributed by atoms with Crippen LogP contribution in [0.5, 0.6) is 0 Å². The average molecular weight is 253 g/mol. The number of carbonyl (C=O) groups excluding carboxylic acids is 2. The fourth-order valence-electron chi connectivity index (χ4n) is 2.82. The van der Waals surface area contributed by atoms with Crippen LogP contribution in [-0.2, 0) is 4.79 Å². The van der Waals surface area contributed by atoms with Gasteiger partial charge in [-0.15, -0.1) is 0 Å². The Morgan fingerprint density at radius 2 is 2.06 bits per heavy atom. The van der Waals surface area contributed by atoms with Crippen LogP contribution in [0.1, 0.15) is 39.5 Å². The fraction of sp³-hybridized carbons (Fsp3) is 0.846. The summed E-state index contributed by atoms with van der Waals surface area (Å²) in [5, 5.41) is 2.92. The molecule has 18 heavy (non-hydrogen) atoms. The van der Waals surface area contributed by atoms with Crippen molar-refractivity contribution in [2.75, 3.05) is 13.1 Å². The topological polar surface area (TPSA) is 75.4 Å². The van der Waals surface area contributed by atoms with Crippen molar-refractivity contribution in [1.29, 1.82) is 0 Å². The predicted molar refractivity (Wildman–Crippen MR) is 68.8 cm³/mol. The van der Waals surface area contributed by atoms with Gasteiger partial charge >= 0.3 is 6.03 Å². The van der Waals surface area contributed by atoms with Gasteiger partial charge in [-0.1, -0.05) is 13.8 Å². The molecule has 0 aromatic rings. The third-order valence-electron chi connectivity index (χ3n) is 4.27. The van der Waals surface area contributed by atoms with E-state index in [-0.39, 0.29) is 17.9 Å². The molecule has 1 saturated carbocycles. The number of nitrogens with one attached hydrogen (secondary N) is 1. The zero-order valence-corrected chi connectivity index (χ0v) is 11.2. The second-order valence-electron chi connectivity index (χ2n) is 5.95. The molecule has 1 saturated heterocycles. The van der Waals surface area contributed by atoms with Crippen LogP contribution >= 0.6 is 0 Å². The number of carbonyl (C=O) groups is 2. The molecule has 5 heteroatoms. The van der Waals surface area contributed by atoms with Gasteiger partial charge in [-0.25, -0.2) is 4.79 Å². The Kier molecular flexibility index (Phi) is 3.61. The van der Waals surface area contributed by atoms with E-state index in [2.05, 4.69) is 12.2 Å². The van der Waals surface area contributed by atoms with E-state index in [1.807, 2.05) is 6.92 Å². The van der Waals surface area contributed by atoms with Crippen LogP contribution in [0.25, 0.3) is 0 Å². The first-order valence-corrected chi connectivity index (χ1v) is 6.82. The summed E-state index contributed by atoms with van der Waals surface area (Å²) in [7, 11) is 0. The first kappa shape index (κ1) is 13.3. The van der Waals surface area contributed by atoms with Crippen LogP contribution < -0.4 is 11.1 Å². The first-order valence-electron chi connectivity index (χ1n) is 6.82. The molecule has 0 aromatic carbocycles. The summed E-state index contributed by atoms with van der Waals surface area (Å²) in [6.07, 6.45) is 3.55. The van der Waals surface area contributed by atoms with E-state index in [1.165, 1.54) is 4.90 Å². The summed E-state index contributed by atoms with van der Waals surface area (Å²) in [4.78, 5) is 25.8. The number of rotatable bonds is 3. The lowest BCUT2D eigenvalue weighted by Gasteiger charge is -2.33. The van der Waals surface area contributed by atoms with Crippen molar-refractivity contribution in [2.24, 2.45) is 17.6 Å². The van der Waals surface area contributed by atoms with E-state index in [0.717, 1.165) is 25.7 Å². The van der Waals surface area contributed by atoms with Crippen LogP contribution in [0.4, 0.5) is 4.79 Å². The second-order valence-corrected chi connectivity index (χ2v) is 5.95. The molecule has 0 bridgehead atoms. The van der Waals surface area contributed by atoms with Crippen LogP contribution in [0.15, 0.2) is 0 Å². The Morgan fingerprint density at radius 3 is 2.61 bits per heavy atom. The van der Waals surface area contributed by atoms with Crippen molar-refractivity contribution in [2.45, 2.75) is 45.1 Å². The molecular formula is C13H23N3O2. The van der Waals surface area contributed by atoms with Crippen molar-refractivity contribution in [1.82, 2.24) is 10.2 Å². The van der Waals surface area contributed by atoms with Gasteiger partial charge in [0.1, 0.15) is 5.54 Å². The lowest BCUT2D eigenvalue weighted by molar-refractivity contribution is -0.133. The van der Waals surface area contributed by atoms with E-state index in [9.17, 15) is 9.59 Å². The molecule has 0 radical (unpaired) electrons. The maximum absolute atomic E-state index is 12.5. The summed E-state index contributed by atoms with van der Waals surface area (Å²) >= 11 is 0. The number of urea groups is 1. The van der Waals surface area contributed by atoms with Gasteiger partial charge in [-0.2, -0.15) is 0 Å². The molecule has 5 nitrogen and oxygen atoms in total. The van der Waals surface area contributed by atoms with Crippen LogP contribution in [0.3, 0.4) is 0 Å². The summed E-state index contributed by atoms with van der Waals surface area (Å²) in [5.41, 5.74) is 4.95. The number of hydrogen-bond donors (Lipinski definition) is 2. The van der Waals surface area contributed by atoms with Crippen LogP contribution in [0, 0.1) is 11.8 Å². The highest BCUT2D eigenvalue weighted by Gasteiger charge is 2.51. The maximum Gasteiger partial charge on any atom is 0.325 e. The molecule has 1 unspecified atom stereocenters. The minimum atomic E-state index is -0.613. The molecule has 1 spiro atoms. The molecule has 2 fully saturated rings. The molecule has 2 rings (SSSR count). The van der Waals surface area contributed by atoms with Crippen molar-refractivity contribution < 1.29 is 9.59 Å². The van der Waals surface area contributed by atoms with Gasteiger partial charge < -0.3 is 11.1 Å². The highest BCUT2D eigenvalue weighted by Crippen LogP contribution is 2.36. The third kappa shape index (κ3) is 2.23. The van der Waals surface area contributed by atoms with Crippen LogP contribution in [-0.4, -0.2) is 35.5 Å². The maximum atomic E-state index is 12.5. The highest BCUT2D eigenvalue weighted by molar-refractivity contribution is 6.07.